The summed E-state index contributed by atoms with van der Waals surface area (Å²) in [7, 11) is 0. The van der Waals surface area contributed by atoms with Crippen LogP contribution in [0.25, 0.3) is 0 Å². The largest absolute Gasteiger partial charge is 0.478 e. The van der Waals surface area contributed by atoms with Crippen molar-refractivity contribution in [1.82, 2.24) is 0 Å². The Hall–Kier alpha value is -1.82. The number of hydrogen-bond donors (Lipinski definition) is 2. The molecule has 1 amide bonds. The Morgan fingerprint density at radius 2 is 1.85 bits per heavy atom. The lowest BCUT2D eigenvalue weighted by Gasteiger charge is -2.14. The predicted molar refractivity (Wildman–Crippen MR) is 79.0 cm³/mol. The van der Waals surface area contributed by atoms with E-state index in [0.29, 0.717) is 17.9 Å². The van der Waals surface area contributed by atoms with Crippen molar-refractivity contribution in [3.63, 3.8) is 0 Å². The monoisotopic (exact) mass is 295 g/mol. The smallest absolute Gasteiger partial charge is 0.335 e. The Balaban J connectivity index is 2.63. The summed E-state index contributed by atoms with van der Waals surface area (Å²) in [5.41, 5.74) is 0.716. The number of carbonyl (C=O) groups is 3. The van der Waals surface area contributed by atoms with Gasteiger partial charge in [-0.25, -0.2) is 4.79 Å². The number of carbonyl (C=O) groups excluding carboxylic acids is 2. The Kier molecular flexibility index (Phi) is 6.24. The van der Waals surface area contributed by atoms with E-state index in [1.807, 2.05) is 6.92 Å². The van der Waals surface area contributed by atoms with Gasteiger partial charge >= 0.3 is 5.97 Å². The molecule has 0 bridgehead atoms. The third-order valence-electron chi connectivity index (χ3n) is 2.75. The van der Waals surface area contributed by atoms with Gasteiger partial charge in [-0.3, -0.25) is 9.59 Å². The number of rotatable bonds is 6. The van der Waals surface area contributed by atoms with E-state index < -0.39 is 5.97 Å². The molecule has 1 atom stereocenters. The number of carboxylic acids is 1. The normalized spacial score (nSPS) is 11.7. The van der Waals surface area contributed by atoms with Crippen LogP contribution < -0.4 is 5.32 Å². The third kappa shape index (κ3) is 5.05. The van der Waals surface area contributed by atoms with Crippen LogP contribution in [-0.2, 0) is 9.59 Å². The van der Waals surface area contributed by atoms with Crippen LogP contribution in [0.4, 0.5) is 5.69 Å². The molecule has 0 aliphatic rings. The van der Waals surface area contributed by atoms with E-state index in [0.717, 1.165) is 11.8 Å². The van der Waals surface area contributed by atoms with Gasteiger partial charge in [0.1, 0.15) is 0 Å². The van der Waals surface area contributed by atoms with Crippen molar-refractivity contribution in [3.8, 4) is 0 Å². The van der Waals surface area contributed by atoms with Gasteiger partial charge in [-0.15, -0.1) is 0 Å². The van der Waals surface area contributed by atoms with Crippen molar-refractivity contribution in [2.24, 2.45) is 5.92 Å². The second-order valence-electron chi connectivity index (χ2n) is 4.28. The van der Waals surface area contributed by atoms with Gasteiger partial charge in [0.2, 0.25) is 5.91 Å². The van der Waals surface area contributed by atoms with Crippen molar-refractivity contribution >= 4 is 34.4 Å². The molecule has 1 rings (SSSR count). The van der Waals surface area contributed by atoms with Crippen LogP contribution in [0.5, 0.6) is 0 Å². The highest BCUT2D eigenvalue weighted by atomic mass is 32.2. The van der Waals surface area contributed by atoms with Crippen LogP contribution in [0.2, 0.25) is 0 Å². The molecule has 0 radical (unpaired) electrons. The summed E-state index contributed by atoms with van der Waals surface area (Å²) in [5, 5.41) is 11.5. The van der Waals surface area contributed by atoms with Crippen LogP contribution in [0, 0.1) is 5.92 Å². The lowest BCUT2D eigenvalue weighted by atomic mass is 10.1. The molecule has 5 nitrogen and oxygen atoms in total. The third-order valence-corrected chi connectivity index (χ3v) is 3.73. The van der Waals surface area contributed by atoms with Gasteiger partial charge in [0, 0.05) is 24.3 Å². The van der Waals surface area contributed by atoms with E-state index in [-0.39, 0.29) is 22.5 Å². The maximum absolute atomic E-state index is 12.0. The molecular weight excluding hydrogens is 278 g/mol. The SMILES string of the molecule is CCC(CSC(C)=O)C(=O)Nc1ccc(C(=O)O)cc1. The average Bonchev–Trinajstić information content (AvgIpc) is 2.39. The van der Waals surface area contributed by atoms with E-state index in [9.17, 15) is 14.4 Å². The molecule has 1 aromatic rings. The van der Waals surface area contributed by atoms with E-state index in [1.165, 1.54) is 19.1 Å². The first-order valence-electron chi connectivity index (χ1n) is 6.21. The number of aromatic carboxylic acids is 1. The van der Waals surface area contributed by atoms with Gasteiger partial charge < -0.3 is 10.4 Å². The summed E-state index contributed by atoms with van der Waals surface area (Å²) in [6.07, 6.45) is 0.638. The molecule has 20 heavy (non-hydrogen) atoms. The lowest BCUT2D eigenvalue weighted by Crippen LogP contribution is -2.24. The fourth-order valence-corrected chi connectivity index (χ4v) is 2.36. The molecule has 1 aromatic carbocycles. The lowest BCUT2D eigenvalue weighted by molar-refractivity contribution is -0.119. The Morgan fingerprint density at radius 1 is 1.25 bits per heavy atom. The number of benzene rings is 1. The second kappa shape index (κ2) is 7.69. The zero-order chi connectivity index (χ0) is 15.1. The molecule has 2 N–H and O–H groups in total. The van der Waals surface area contributed by atoms with E-state index in [1.54, 1.807) is 12.1 Å². The highest BCUT2D eigenvalue weighted by Crippen LogP contribution is 2.16. The van der Waals surface area contributed by atoms with Gasteiger partial charge in [-0.1, -0.05) is 18.7 Å². The quantitative estimate of drug-likeness (QED) is 0.843. The van der Waals surface area contributed by atoms with Crippen LogP contribution >= 0.6 is 11.8 Å². The molecular formula is C14H17NO4S. The molecule has 108 valence electrons. The van der Waals surface area contributed by atoms with Gasteiger partial charge in [-0.2, -0.15) is 0 Å². The number of thioether (sulfide) groups is 1. The molecule has 1 unspecified atom stereocenters. The van der Waals surface area contributed by atoms with E-state index in [2.05, 4.69) is 5.32 Å². The standard InChI is InChI=1S/C14H17NO4S/c1-3-10(8-20-9(2)16)13(17)15-12-6-4-11(5-7-12)14(18)19/h4-7,10H,3,8H2,1-2H3,(H,15,17)(H,18,19). The minimum absolute atomic E-state index is 0.0120. The van der Waals surface area contributed by atoms with Crippen LogP contribution in [0.1, 0.15) is 30.6 Å². The number of nitrogens with one attached hydrogen (secondary N) is 1. The first-order chi connectivity index (χ1) is 9.43. The first-order valence-corrected chi connectivity index (χ1v) is 7.20. The summed E-state index contributed by atoms with van der Waals surface area (Å²) in [6.45, 7) is 3.36. The summed E-state index contributed by atoms with van der Waals surface area (Å²) in [6, 6.07) is 5.96. The maximum atomic E-state index is 12.0. The summed E-state index contributed by atoms with van der Waals surface area (Å²) in [4.78, 5) is 33.7. The van der Waals surface area contributed by atoms with Crippen molar-refractivity contribution in [2.45, 2.75) is 20.3 Å². The fourth-order valence-electron chi connectivity index (χ4n) is 1.54. The summed E-state index contributed by atoms with van der Waals surface area (Å²) >= 11 is 1.13. The Morgan fingerprint density at radius 3 is 2.30 bits per heavy atom. The number of hydrogen-bond acceptors (Lipinski definition) is 4. The van der Waals surface area contributed by atoms with Crippen LogP contribution in [-0.4, -0.2) is 27.9 Å². The molecule has 0 aliphatic carbocycles. The van der Waals surface area contributed by atoms with Gasteiger partial charge in [0.15, 0.2) is 5.12 Å². The summed E-state index contributed by atoms with van der Waals surface area (Å²) in [5.74, 6) is -0.968. The predicted octanol–water partition coefficient (Wildman–Crippen LogP) is 2.63. The number of carboxylic acid groups (broad SMARTS) is 1. The van der Waals surface area contributed by atoms with Crippen molar-refractivity contribution in [2.75, 3.05) is 11.1 Å². The van der Waals surface area contributed by atoms with Crippen LogP contribution in [0.15, 0.2) is 24.3 Å². The topological polar surface area (TPSA) is 83.5 Å². The minimum Gasteiger partial charge on any atom is -0.478 e. The van der Waals surface area contributed by atoms with E-state index >= 15 is 0 Å². The zero-order valence-corrected chi connectivity index (χ0v) is 12.2. The molecule has 0 aromatic heterocycles. The molecule has 0 heterocycles. The van der Waals surface area contributed by atoms with Crippen molar-refractivity contribution < 1.29 is 19.5 Å². The zero-order valence-electron chi connectivity index (χ0n) is 11.4. The maximum Gasteiger partial charge on any atom is 0.335 e. The highest BCUT2D eigenvalue weighted by molar-refractivity contribution is 8.13. The molecule has 6 heteroatoms. The Labute approximate surface area is 121 Å². The minimum atomic E-state index is -1.01. The second-order valence-corrected chi connectivity index (χ2v) is 5.48. The average molecular weight is 295 g/mol. The van der Waals surface area contributed by atoms with Gasteiger partial charge in [0.25, 0.3) is 0 Å². The molecule has 0 spiro atoms. The highest BCUT2D eigenvalue weighted by Gasteiger charge is 2.17. The van der Waals surface area contributed by atoms with Crippen molar-refractivity contribution in [3.05, 3.63) is 29.8 Å². The van der Waals surface area contributed by atoms with E-state index in [4.69, 9.17) is 5.11 Å². The molecule has 0 saturated carbocycles. The Bertz CT molecular complexity index is 498. The molecule has 0 aliphatic heterocycles. The molecule has 0 fully saturated rings. The van der Waals surface area contributed by atoms with Crippen molar-refractivity contribution in [1.29, 1.82) is 0 Å². The van der Waals surface area contributed by atoms with Gasteiger partial charge in [-0.05, 0) is 30.7 Å². The fraction of sp³-hybridized carbons (Fsp3) is 0.357. The first kappa shape index (κ1) is 16.2. The number of amides is 1. The van der Waals surface area contributed by atoms with Gasteiger partial charge in [0.05, 0.1) is 5.56 Å². The van der Waals surface area contributed by atoms with Crippen LogP contribution in [0.3, 0.4) is 0 Å². The summed E-state index contributed by atoms with van der Waals surface area (Å²) < 4.78 is 0. The number of anilines is 1. The molecule has 0 saturated heterocycles.